The van der Waals surface area contributed by atoms with Crippen molar-refractivity contribution in [1.29, 1.82) is 5.26 Å². The van der Waals surface area contributed by atoms with E-state index >= 15 is 0 Å². The molecule has 1 rings (SSSR count). The Morgan fingerprint density at radius 3 is 2.78 bits per heavy atom. The number of rotatable bonds is 7. The summed E-state index contributed by atoms with van der Waals surface area (Å²) in [6, 6.07) is 2.12. The maximum Gasteiger partial charge on any atom is 0.138 e. The maximum atomic E-state index is 9.11. The minimum atomic E-state index is -0.170. The molecular weight excluding hydrogens is 228 g/mol. The third-order valence-corrected chi connectivity index (χ3v) is 3.09. The van der Waals surface area contributed by atoms with Crippen molar-refractivity contribution in [2.75, 3.05) is 20.3 Å². The Labute approximate surface area is 109 Å². The summed E-state index contributed by atoms with van der Waals surface area (Å²) in [4.78, 5) is 0. The van der Waals surface area contributed by atoms with Crippen LogP contribution in [0.5, 0.6) is 0 Å². The predicted octanol–water partition coefficient (Wildman–Crippen LogP) is 1.71. The minimum absolute atomic E-state index is 0.170. The molecule has 5 nitrogen and oxygen atoms in total. The van der Waals surface area contributed by atoms with Crippen LogP contribution in [-0.2, 0) is 11.3 Å². The number of ether oxygens (including phenoxy) is 1. The van der Waals surface area contributed by atoms with E-state index in [9.17, 15) is 0 Å². The minimum Gasteiger partial charge on any atom is -0.383 e. The first-order valence-electron chi connectivity index (χ1n) is 6.29. The van der Waals surface area contributed by atoms with E-state index in [2.05, 4.69) is 16.5 Å². The summed E-state index contributed by atoms with van der Waals surface area (Å²) < 4.78 is 6.83. The van der Waals surface area contributed by atoms with E-state index in [-0.39, 0.29) is 6.04 Å². The molecule has 0 amide bonds. The van der Waals surface area contributed by atoms with E-state index < -0.39 is 0 Å². The van der Waals surface area contributed by atoms with E-state index in [1.807, 2.05) is 25.5 Å². The van der Waals surface area contributed by atoms with Crippen molar-refractivity contribution in [3.8, 4) is 6.07 Å². The van der Waals surface area contributed by atoms with E-state index in [0.29, 0.717) is 6.61 Å². The van der Waals surface area contributed by atoms with Crippen molar-refractivity contribution in [2.45, 2.75) is 39.8 Å². The first kappa shape index (κ1) is 14.7. The standard InChI is InChI=1S/C13H22N4O/c1-5-12(8-14)17-11(3)13(10(2)16-17)9-15-6-7-18-4/h12,15H,5-7,9H2,1-4H3. The second-order valence-electron chi connectivity index (χ2n) is 4.32. The van der Waals surface area contributed by atoms with Crippen molar-refractivity contribution in [3.05, 3.63) is 17.0 Å². The third kappa shape index (κ3) is 3.31. The van der Waals surface area contributed by atoms with Gasteiger partial charge in [0.2, 0.25) is 0 Å². The number of hydrogen-bond acceptors (Lipinski definition) is 4. The lowest BCUT2D eigenvalue weighted by molar-refractivity contribution is 0.199. The molecule has 1 aromatic rings. The monoisotopic (exact) mass is 250 g/mol. The van der Waals surface area contributed by atoms with Crippen molar-refractivity contribution >= 4 is 0 Å². The number of nitriles is 1. The first-order valence-corrected chi connectivity index (χ1v) is 6.29. The normalized spacial score (nSPS) is 12.4. The van der Waals surface area contributed by atoms with Crippen LogP contribution in [-0.4, -0.2) is 30.0 Å². The molecule has 1 unspecified atom stereocenters. The van der Waals surface area contributed by atoms with Crippen LogP contribution in [0.25, 0.3) is 0 Å². The van der Waals surface area contributed by atoms with Crippen LogP contribution in [0.15, 0.2) is 0 Å². The van der Waals surface area contributed by atoms with Crippen molar-refractivity contribution in [2.24, 2.45) is 0 Å². The summed E-state index contributed by atoms with van der Waals surface area (Å²) in [6.07, 6.45) is 0.773. The number of nitrogens with one attached hydrogen (secondary N) is 1. The van der Waals surface area contributed by atoms with Crippen LogP contribution >= 0.6 is 0 Å². The highest BCUT2D eigenvalue weighted by atomic mass is 16.5. The molecule has 1 atom stereocenters. The van der Waals surface area contributed by atoms with Gasteiger partial charge in [-0.05, 0) is 20.3 Å². The second-order valence-corrected chi connectivity index (χ2v) is 4.32. The summed E-state index contributed by atoms with van der Waals surface area (Å²) in [5.74, 6) is 0. The second kappa shape index (κ2) is 7.14. The van der Waals surface area contributed by atoms with Gasteiger partial charge in [0.1, 0.15) is 6.04 Å². The van der Waals surface area contributed by atoms with Crippen molar-refractivity contribution in [1.82, 2.24) is 15.1 Å². The molecular formula is C13H22N4O. The maximum absolute atomic E-state index is 9.11. The highest BCUT2D eigenvalue weighted by Crippen LogP contribution is 2.18. The lowest BCUT2D eigenvalue weighted by Gasteiger charge is -2.10. The van der Waals surface area contributed by atoms with Gasteiger partial charge in [-0.25, -0.2) is 0 Å². The summed E-state index contributed by atoms with van der Waals surface area (Å²) in [7, 11) is 1.69. The average Bonchev–Trinajstić information content (AvgIpc) is 2.64. The first-order chi connectivity index (χ1) is 8.65. The molecule has 0 aromatic carbocycles. The molecule has 0 aliphatic heterocycles. The Morgan fingerprint density at radius 2 is 2.22 bits per heavy atom. The number of nitrogens with zero attached hydrogens (tertiary/aromatic N) is 3. The summed E-state index contributed by atoms with van der Waals surface area (Å²) >= 11 is 0. The molecule has 1 heterocycles. The van der Waals surface area contributed by atoms with E-state index in [1.54, 1.807) is 7.11 Å². The Kier molecular flexibility index (Phi) is 5.83. The highest BCUT2D eigenvalue weighted by Gasteiger charge is 2.16. The van der Waals surface area contributed by atoms with Gasteiger partial charge in [0.15, 0.2) is 0 Å². The summed E-state index contributed by atoms with van der Waals surface area (Å²) in [5.41, 5.74) is 3.25. The van der Waals surface area contributed by atoms with Gasteiger partial charge in [-0.15, -0.1) is 0 Å². The zero-order chi connectivity index (χ0) is 13.5. The van der Waals surface area contributed by atoms with Gasteiger partial charge < -0.3 is 10.1 Å². The van der Waals surface area contributed by atoms with Gasteiger partial charge in [0, 0.05) is 31.5 Å². The zero-order valence-corrected chi connectivity index (χ0v) is 11.7. The van der Waals surface area contributed by atoms with Crippen LogP contribution < -0.4 is 5.32 Å². The predicted molar refractivity (Wildman–Crippen MR) is 70.2 cm³/mol. The summed E-state index contributed by atoms with van der Waals surface area (Å²) in [6.45, 7) is 8.29. The fourth-order valence-electron chi connectivity index (χ4n) is 1.96. The SMILES string of the molecule is CCC(C#N)n1nc(C)c(CNCCOC)c1C. The number of methoxy groups -OCH3 is 1. The lowest BCUT2D eigenvalue weighted by Crippen LogP contribution is -2.19. The fourth-order valence-corrected chi connectivity index (χ4v) is 1.96. The molecule has 0 fully saturated rings. The molecule has 0 bridgehead atoms. The highest BCUT2D eigenvalue weighted by molar-refractivity contribution is 5.25. The van der Waals surface area contributed by atoms with Crippen LogP contribution in [0.2, 0.25) is 0 Å². The van der Waals surface area contributed by atoms with Gasteiger partial charge in [-0.1, -0.05) is 6.92 Å². The molecule has 0 saturated heterocycles. The molecule has 0 radical (unpaired) electrons. The van der Waals surface area contributed by atoms with E-state index in [1.165, 1.54) is 5.56 Å². The number of hydrogen-bond donors (Lipinski definition) is 1. The smallest absolute Gasteiger partial charge is 0.138 e. The fraction of sp³-hybridized carbons (Fsp3) is 0.692. The van der Waals surface area contributed by atoms with Gasteiger partial charge in [-0.2, -0.15) is 10.4 Å². The number of aryl methyl sites for hydroxylation is 1. The van der Waals surface area contributed by atoms with Crippen LogP contribution in [0.1, 0.15) is 36.3 Å². The molecule has 0 spiro atoms. The summed E-state index contributed by atoms with van der Waals surface area (Å²) in [5, 5.41) is 16.9. The van der Waals surface area contributed by atoms with Gasteiger partial charge in [0.25, 0.3) is 0 Å². The Bertz CT molecular complexity index is 419. The Hall–Kier alpha value is -1.38. The van der Waals surface area contributed by atoms with Crippen LogP contribution in [0.3, 0.4) is 0 Å². The third-order valence-electron chi connectivity index (χ3n) is 3.09. The largest absolute Gasteiger partial charge is 0.383 e. The van der Waals surface area contributed by atoms with E-state index in [0.717, 1.165) is 30.9 Å². The van der Waals surface area contributed by atoms with Crippen LogP contribution in [0, 0.1) is 25.2 Å². The van der Waals surface area contributed by atoms with Gasteiger partial charge >= 0.3 is 0 Å². The molecule has 0 aliphatic rings. The molecule has 0 aliphatic carbocycles. The topological polar surface area (TPSA) is 62.9 Å². The zero-order valence-electron chi connectivity index (χ0n) is 11.7. The van der Waals surface area contributed by atoms with Crippen molar-refractivity contribution in [3.63, 3.8) is 0 Å². The Balaban J connectivity index is 2.78. The molecule has 5 heteroatoms. The quantitative estimate of drug-likeness (QED) is 0.748. The molecule has 100 valence electrons. The molecule has 18 heavy (non-hydrogen) atoms. The Morgan fingerprint density at radius 1 is 1.50 bits per heavy atom. The van der Waals surface area contributed by atoms with Gasteiger partial charge in [-0.3, -0.25) is 4.68 Å². The van der Waals surface area contributed by atoms with Crippen LogP contribution in [0.4, 0.5) is 0 Å². The molecule has 0 saturated carbocycles. The van der Waals surface area contributed by atoms with E-state index in [4.69, 9.17) is 10.00 Å². The number of aromatic nitrogens is 2. The molecule has 1 aromatic heterocycles. The molecule has 1 N–H and O–H groups in total. The lowest BCUT2D eigenvalue weighted by atomic mass is 10.2. The van der Waals surface area contributed by atoms with Crippen molar-refractivity contribution < 1.29 is 4.74 Å². The average molecular weight is 250 g/mol. The van der Waals surface area contributed by atoms with Gasteiger partial charge in [0.05, 0.1) is 18.4 Å².